The lowest BCUT2D eigenvalue weighted by Crippen LogP contribution is -1.99. The molecule has 0 unspecified atom stereocenters. The van der Waals surface area contributed by atoms with Gasteiger partial charge < -0.3 is 0 Å². The van der Waals surface area contributed by atoms with Crippen molar-refractivity contribution < 1.29 is 0 Å². The molecule has 0 aliphatic carbocycles. The fraction of sp³-hybridized carbons (Fsp3) is 0.0455. The second-order valence-electron chi connectivity index (χ2n) is 5.84. The number of hydrogen-bond donors (Lipinski definition) is 0. The van der Waals surface area contributed by atoms with Crippen LogP contribution < -0.4 is 0 Å². The van der Waals surface area contributed by atoms with Crippen molar-refractivity contribution >= 4 is 17.8 Å². The first-order chi connectivity index (χ1) is 13.4. The molecule has 0 spiro atoms. The van der Waals surface area contributed by atoms with E-state index in [4.69, 9.17) is 0 Å². The van der Waals surface area contributed by atoms with E-state index in [1.165, 1.54) is 5.56 Å². The van der Waals surface area contributed by atoms with E-state index in [-0.39, 0.29) is 0 Å². The predicted molar refractivity (Wildman–Crippen MR) is 111 cm³/mol. The van der Waals surface area contributed by atoms with Gasteiger partial charge >= 0.3 is 0 Å². The normalized spacial score (nSPS) is 11.1. The van der Waals surface area contributed by atoms with Gasteiger partial charge in [0.1, 0.15) is 0 Å². The van der Waals surface area contributed by atoms with E-state index in [9.17, 15) is 0 Å². The van der Waals surface area contributed by atoms with Crippen LogP contribution in [-0.4, -0.2) is 25.5 Å². The van der Waals surface area contributed by atoms with Crippen LogP contribution in [0.1, 0.15) is 5.56 Å². The first-order valence-electron chi connectivity index (χ1n) is 8.67. The molecule has 5 heteroatoms. The summed E-state index contributed by atoms with van der Waals surface area (Å²) in [5.74, 6) is 1.63. The summed E-state index contributed by atoms with van der Waals surface area (Å²) in [5.41, 5.74) is 3.23. The smallest absolute Gasteiger partial charge is 0.196 e. The first kappa shape index (κ1) is 17.2. The Kier molecular flexibility index (Phi) is 5.41. The molecule has 0 amide bonds. The fourth-order valence-electron chi connectivity index (χ4n) is 2.73. The summed E-state index contributed by atoms with van der Waals surface area (Å²) >= 11 is 1.66. The van der Waals surface area contributed by atoms with Crippen LogP contribution in [0.15, 0.2) is 96.4 Å². The van der Waals surface area contributed by atoms with Crippen molar-refractivity contribution in [2.45, 2.75) is 5.16 Å². The third-order valence-electron chi connectivity index (χ3n) is 4.00. The lowest BCUT2D eigenvalue weighted by Gasteiger charge is -2.09. The summed E-state index contributed by atoms with van der Waals surface area (Å²) in [6.07, 6.45) is 7.82. The van der Waals surface area contributed by atoms with E-state index >= 15 is 0 Å². The highest BCUT2D eigenvalue weighted by atomic mass is 32.2. The van der Waals surface area contributed by atoms with E-state index in [2.05, 4.69) is 56.2 Å². The number of hydrogen-bond acceptors (Lipinski definition) is 4. The Morgan fingerprint density at radius 1 is 0.815 bits per heavy atom. The molecular formula is C22H18N4S. The van der Waals surface area contributed by atoms with Crippen LogP contribution in [0.5, 0.6) is 0 Å². The zero-order valence-electron chi connectivity index (χ0n) is 14.6. The lowest BCUT2D eigenvalue weighted by molar-refractivity contribution is 0.887. The van der Waals surface area contributed by atoms with Crippen LogP contribution in [0.4, 0.5) is 0 Å². The molecule has 0 atom stereocenters. The van der Waals surface area contributed by atoms with Crippen molar-refractivity contribution in [1.29, 1.82) is 0 Å². The summed E-state index contributed by atoms with van der Waals surface area (Å²) in [5, 5.41) is 9.74. The highest BCUT2D eigenvalue weighted by Gasteiger charge is 2.15. The van der Waals surface area contributed by atoms with Crippen LogP contribution in [0.2, 0.25) is 0 Å². The number of thioether (sulfide) groups is 1. The van der Waals surface area contributed by atoms with Gasteiger partial charge in [0.2, 0.25) is 0 Å². The molecular weight excluding hydrogens is 352 g/mol. The number of nitrogens with zero attached hydrogens (tertiary/aromatic N) is 4. The van der Waals surface area contributed by atoms with Crippen molar-refractivity contribution in [2.75, 3.05) is 5.75 Å². The van der Waals surface area contributed by atoms with Gasteiger partial charge in [-0.1, -0.05) is 72.4 Å². The third kappa shape index (κ3) is 4.15. The minimum absolute atomic E-state index is 0.816. The van der Waals surface area contributed by atoms with Crippen LogP contribution in [0.25, 0.3) is 23.2 Å². The zero-order chi connectivity index (χ0) is 18.3. The van der Waals surface area contributed by atoms with Crippen molar-refractivity contribution in [3.8, 4) is 17.1 Å². The summed E-state index contributed by atoms with van der Waals surface area (Å²) < 4.78 is 2.09. The third-order valence-corrected chi connectivity index (χ3v) is 4.89. The van der Waals surface area contributed by atoms with Gasteiger partial charge in [-0.2, -0.15) is 0 Å². The average Bonchev–Trinajstić information content (AvgIpc) is 3.17. The molecule has 0 N–H and O–H groups in total. The number of benzene rings is 2. The minimum Gasteiger partial charge on any atom is -0.270 e. The van der Waals surface area contributed by atoms with Gasteiger partial charge in [0.25, 0.3) is 0 Å². The Morgan fingerprint density at radius 2 is 1.52 bits per heavy atom. The maximum Gasteiger partial charge on any atom is 0.196 e. The van der Waals surface area contributed by atoms with Gasteiger partial charge in [-0.15, -0.1) is 10.2 Å². The molecule has 0 saturated heterocycles. The standard InChI is InChI=1S/C22H18N4S/c1-3-8-18(9-4-1)10-7-17-27-22-25-24-21(19-13-15-23-16-14-19)26(22)20-11-5-2-6-12-20/h1-16H,17H2. The number of aromatic nitrogens is 4. The lowest BCUT2D eigenvalue weighted by atomic mass is 10.2. The summed E-state index contributed by atoms with van der Waals surface area (Å²) in [7, 11) is 0. The van der Waals surface area contributed by atoms with Crippen LogP contribution in [0, 0.1) is 0 Å². The molecule has 0 aliphatic heterocycles. The van der Waals surface area contributed by atoms with Crippen LogP contribution in [-0.2, 0) is 0 Å². The van der Waals surface area contributed by atoms with Gasteiger partial charge in [-0.05, 0) is 29.8 Å². The number of rotatable bonds is 6. The first-order valence-corrected chi connectivity index (χ1v) is 9.66. The molecule has 27 heavy (non-hydrogen) atoms. The van der Waals surface area contributed by atoms with Gasteiger partial charge in [0.05, 0.1) is 0 Å². The Bertz CT molecular complexity index is 1010. The molecule has 2 heterocycles. The van der Waals surface area contributed by atoms with Crippen molar-refractivity contribution in [3.63, 3.8) is 0 Å². The van der Waals surface area contributed by atoms with Crippen molar-refractivity contribution in [2.24, 2.45) is 0 Å². The predicted octanol–water partition coefficient (Wildman–Crippen LogP) is 5.13. The Balaban J connectivity index is 1.61. The topological polar surface area (TPSA) is 43.6 Å². The monoisotopic (exact) mass is 370 g/mol. The van der Waals surface area contributed by atoms with Crippen molar-refractivity contribution in [1.82, 2.24) is 19.7 Å². The molecule has 0 aliphatic rings. The van der Waals surface area contributed by atoms with E-state index in [1.54, 1.807) is 24.2 Å². The number of pyridine rings is 1. The zero-order valence-corrected chi connectivity index (χ0v) is 15.5. The van der Waals surface area contributed by atoms with Gasteiger partial charge in [0, 0.05) is 29.4 Å². The van der Waals surface area contributed by atoms with Crippen LogP contribution >= 0.6 is 11.8 Å². The quantitative estimate of drug-likeness (QED) is 0.441. The molecule has 0 bridgehead atoms. The van der Waals surface area contributed by atoms with Crippen LogP contribution in [0.3, 0.4) is 0 Å². The molecule has 4 nitrogen and oxygen atoms in total. The fourth-order valence-corrected chi connectivity index (χ4v) is 3.49. The SMILES string of the molecule is C(=Cc1ccccc1)CSc1nnc(-c2ccncc2)n1-c1ccccc1. The second kappa shape index (κ2) is 8.47. The van der Waals surface area contributed by atoms with Gasteiger partial charge in [-0.3, -0.25) is 9.55 Å². The van der Waals surface area contributed by atoms with E-state index in [0.29, 0.717) is 0 Å². The molecule has 4 aromatic rings. The Labute approximate surface area is 162 Å². The molecule has 0 fully saturated rings. The summed E-state index contributed by atoms with van der Waals surface area (Å²) in [4.78, 5) is 4.10. The maximum atomic E-state index is 4.44. The molecule has 132 valence electrons. The molecule has 2 aromatic carbocycles. The highest BCUT2D eigenvalue weighted by molar-refractivity contribution is 7.99. The molecule has 0 radical (unpaired) electrons. The highest BCUT2D eigenvalue weighted by Crippen LogP contribution is 2.27. The molecule has 0 saturated carbocycles. The maximum absolute atomic E-state index is 4.44. The Hall–Kier alpha value is -3.18. The summed E-state index contributed by atoms with van der Waals surface area (Å²) in [6, 6.07) is 24.4. The Morgan fingerprint density at radius 3 is 2.26 bits per heavy atom. The molecule has 4 rings (SSSR count). The van der Waals surface area contributed by atoms with E-state index in [1.807, 2.05) is 48.5 Å². The number of para-hydroxylation sites is 1. The average molecular weight is 370 g/mol. The van der Waals surface area contributed by atoms with E-state index < -0.39 is 0 Å². The molecule has 2 aromatic heterocycles. The minimum atomic E-state index is 0.816. The second-order valence-corrected chi connectivity index (χ2v) is 6.82. The summed E-state index contributed by atoms with van der Waals surface area (Å²) in [6.45, 7) is 0. The van der Waals surface area contributed by atoms with E-state index in [0.717, 1.165) is 28.0 Å². The van der Waals surface area contributed by atoms with Gasteiger partial charge in [0.15, 0.2) is 11.0 Å². The largest absolute Gasteiger partial charge is 0.270 e. The van der Waals surface area contributed by atoms with Gasteiger partial charge in [-0.25, -0.2) is 0 Å². The van der Waals surface area contributed by atoms with Crippen molar-refractivity contribution in [3.05, 3.63) is 96.8 Å².